The summed E-state index contributed by atoms with van der Waals surface area (Å²) in [5.74, 6) is 0.692. The Kier molecular flexibility index (Phi) is 13.7. The number of unbranched alkanes of at least 4 members (excludes halogenated alkanes) is 3. The summed E-state index contributed by atoms with van der Waals surface area (Å²) in [6.07, 6.45) is 6.99. The molecule has 0 aliphatic carbocycles. The van der Waals surface area contributed by atoms with Crippen LogP contribution in [0.2, 0.25) is 0 Å². The third-order valence-electron chi connectivity index (χ3n) is 3.00. The van der Waals surface area contributed by atoms with Crippen molar-refractivity contribution < 1.29 is 0 Å². The number of hydrogen-bond acceptors (Lipinski definition) is 7. The Bertz CT molecular complexity index is 360. The van der Waals surface area contributed by atoms with Gasteiger partial charge >= 0.3 is 0 Å². The minimum absolute atomic E-state index is 0.429. The van der Waals surface area contributed by atoms with Crippen molar-refractivity contribution in [2.75, 3.05) is 24.5 Å². The van der Waals surface area contributed by atoms with Crippen molar-refractivity contribution in [1.29, 1.82) is 0 Å². The van der Waals surface area contributed by atoms with Crippen LogP contribution in [0.1, 0.15) is 59.3 Å². The molecule has 1 aromatic rings. The normalized spacial score (nSPS) is 10.1. The van der Waals surface area contributed by atoms with Gasteiger partial charge in [0.15, 0.2) is 10.3 Å². The molecule has 0 unspecified atom stereocenters. The summed E-state index contributed by atoms with van der Waals surface area (Å²) in [6, 6.07) is 0. The SMILES string of the molecule is CCCCN.CCCCN(CCCC)c1nc(S)nc(S)n1. The first-order chi connectivity index (χ1) is 10.6. The number of anilines is 1. The molecule has 0 aliphatic heterocycles. The van der Waals surface area contributed by atoms with E-state index < -0.39 is 0 Å². The summed E-state index contributed by atoms with van der Waals surface area (Å²) in [6.45, 7) is 9.28. The molecule has 0 bridgehead atoms. The molecule has 0 radical (unpaired) electrons. The standard InChI is InChI=1S/C11H20N4S2.C4H11N/c1-3-5-7-15(8-6-4-2)9-12-10(16)14-11(17)13-9;1-2-3-4-5/h3-8H2,1-2H3,(H2,12,13,14,16,17);2-5H2,1H3. The third-order valence-corrected chi connectivity index (χ3v) is 3.40. The van der Waals surface area contributed by atoms with Crippen LogP contribution < -0.4 is 10.6 Å². The number of rotatable bonds is 9. The third kappa shape index (κ3) is 10.2. The minimum atomic E-state index is 0.429. The molecule has 128 valence electrons. The Labute approximate surface area is 146 Å². The van der Waals surface area contributed by atoms with Crippen molar-refractivity contribution in [2.45, 2.75) is 69.6 Å². The van der Waals surface area contributed by atoms with Gasteiger partial charge in [0.25, 0.3) is 0 Å². The topological polar surface area (TPSA) is 67.9 Å². The van der Waals surface area contributed by atoms with Crippen molar-refractivity contribution in [1.82, 2.24) is 15.0 Å². The van der Waals surface area contributed by atoms with E-state index in [1.54, 1.807) is 0 Å². The molecule has 0 fully saturated rings. The second-order valence-electron chi connectivity index (χ2n) is 5.07. The van der Waals surface area contributed by atoms with Crippen LogP contribution in [0.15, 0.2) is 10.3 Å². The molecular weight excluding hydrogens is 314 g/mol. The fourth-order valence-electron chi connectivity index (χ4n) is 1.70. The van der Waals surface area contributed by atoms with Crippen LogP contribution in [-0.4, -0.2) is 34.6 Å². The lowest BCUT2D eigenvalue weighted by Crippen LogP contribution is -2.28. The monoisotopic (exact) mass is 345 g/mol. The molecule has 2 N–H and O–H groups in total. The zero-order chi connectivity index (χ0) is 16.8. The molecule has 5 nitrogen and oxygen atoms in total. The molecule has 0 atom stereocenters. The molecule has 7 heteroatoms. The van der Waals surface area contributed by atoms with E-state index in [1.807, 2.05) is 0 Å². The Hall–Kier alpha value is -0.530. The highest BCUT2D eigenvalue weighted by atomic mass is 32.1. The van der Waals surface area contributed by atoms with Crippen LogP contribution in [0.5, 0.6) is 0 Å². The summed E-state index contributed by atoms with van der Waals surface area (Å²) in [7, 11) is 0. The van der Waals surface area contributed by atoms with Gasteiger partial charge in [-0.1, -0.05) is 40.0 Å². The van der Waals surface area contributed by atoms with E-state index in [1.165, 1.54) is 12.8 Å². The molecule has 0 aromatic carbocycles. The van der Waals surface area contributed by atoms with Crippen LogP contribution in [-0.2, 0) is 0 Å². The second kappa shape index (κ2) is 14.1. The highest BCUT2D eigenvalue weighted by Crippen LogP contribution is 2.13. The molecule has 1 heterocycles. The zero-order valence-electron chi connectivity index (χ0n) is 14.1. The van der Waals surface area contributed by atoms with Gasteiger partial charge in [-0.25, -0.2) is 0 Å². The maximum Gasteiger partial charge on any atom is 0.230 e. The van der Waals surface area contributed by atoms with Crippen LogP contribution in [0, 0.1) is 0 Å². The predicted molar refractivity (Wildman–Crippen MR) is 100 cm³/mol. The number of thiol groups is 2. The van der Waals surface area contributed by atoms with Gasteiger partial charge < -0.3 is 10.6 Å². The molecule has 0 amide bonds. The van der Waals surface area contributed by atoms with Crippen molar-refractivity contribution in [3.05, 3.63) is 0 Å². The Morgan fingerprint density at radius 2 is 1.27 bits per heavy atom. The van der Waals surface area contributed by atoms with E-state index in [4.69, 9.17) is 5.73 Å². The number of hydrogen-bond donors (Lipinski definition) is 3. The first kappa shape index (κ1) is 21.5. The Balaban J connectivity index is 0.000000763. The van der Waals surface area contributed by atoms with E-state index in [2.05, 4.69) is 65.9 Å². The number of nitrogens with two attached hydrogens (primary N) is 1. The smallest absolute Gasteiger partial charge is 0.230 e. The van der Waals surface area contributed by atoms with E-state index >= 15 is 0 Å². The Morgan fingerprint density at radius 1 is 0.818 bits per heavy atom. The van der Waals surface area contributed by atoms with Gasteiger partial charge in [-0.3, -0.25) is 0 Å². The summed E-state index contributed by atoms with van der Waals surface area (Å²) in [4.78, 5) is 14.7. The fourth-order valence-corrected chi connectivity index (χ4v) is 2.15. The van der Waals surface area contributed by atoms with Gasteiger partial charge in [-0.15, -0.1) is 25.3 Å². The lowest BCUT2D eigenvalue weighted by atomic mass is 10.3. The molecule has 1 rings (SSSR count). The Morgan fingerprint density at radius 3 is 1.59 bits per heavy atom. The summed E-state index contributed by atoms with van der Waals surface area (Å²) in [5.41, 5.74) is 5.14. The first-order valence-corrected chi connectivity index (χ1v) is 9.07. The van der Waals surface area contributed by atoms with Gasteiger partial charge in [0.05, 0.1) is 0 Å². The van der Waals surface area contributed by atoms with Gasteiger partial charge in [-0.2, -0.15) is 15.0 Å². The quantitative estimate of drug-likeness (QED) is 0.597. The summed E-state index contributed by atoms with van der Waals surface area (Å²) >= 11 is 8.33. The highest BCUT2D eigenvalue weighted by molar-refractivity contribution is 7.80. The van der Waals surface area contributed by atoms with Gasteiger partial charge in [0.1, 0.15) is 0 Å². The average Bonchev–Trinajstić information content (AvgIpc) is 2.48. The maximum atomic E-state index is 5.14. The van der Waals surface area contributed by atoms with Crippen molar-refractivity contribution in [2.24, 2.45) is 5.73 Å². The van der Waals surface area contributed by atoms with Crippen LogP contribution in [0.4, 0.5) is 5.95 Å². The van der Waals surface area contributed by atoms with E-state index in [-0.39, 0.29) is 0 Å². The molecule has 1 aromatic heterocycles. The van der Waals surface area contributed by atoms with Crippen molar-refractivity contribution in [3.8, 4) is 0 Å². The molecule has 22 heavy (non-hydrogen) atoms. The van der Waals surface area contributed by atoms with Crippen LogP contribution in [0.25, 0.3) is 0 Å². The lowest BCUT2D eigenvalue weighted by molar-refractivity contribution is 0.645. The molecule has 0 saturated carbocycles. The minimum Gasteiger partial charge on any atom is -0.341 e. The maximum absolute atomic E-state index is 5.14. The number of aromatic nitrogens is 3. The first-order valence-electron chi connectivity index (χ1n) is 8.17. The predicted octanol–water partition coefficient (Wildman–Crippen LogP) is 3.60. The highest BCUT2D eigenvalue weighted by Gasteiger charge is 2.10. The van der Waals surface area contributed by atoms with Gasteiger partial charge in [-0.05, 0) is 25.8 Å². The van der Waals surface area contributed by atoms with Crippen molar-refractivity contribution >= 4 is 31.2 Å². The van der Waals surface area contributed by atoms with Crippen molar-refractivity contribution in [3.63, 3.8) is 0 Å². The van der Waals surface area contributed by atoms with E-state index in [0.717, 1.165) is 45.3 Å². The molecule has 0 saturated heterocycles. The lowest BCUT2D eigenvalue weighted by Gasteiger charge is -2.22. The average molecular weight is 346 g/mol. The fraction of sp³-hybridized carbons (Fsp3) is 0.800. The van der Waals surface area contributed by atoms with Gasteiger partial charge in [0.2, 0.25) is 5.95 Å². The number of nitrogens with zero attached hydrogens (tertiary/aromatic N) is 4. The van der Waals surface area contributed by atoms with E-state index in [0.29, 0.717) is 16.3 Å². The zero-order valence-corrected chi connectivity index (χ0v) is 15.9. The second-order valence-corrected chi connectivity index (χ2v) is 5.87. The van der Waals surface area contributed by atoms with Crippen LogP contribution >= 0.6 is 25.3 Å². The molecular formula is C15H31N5S2. The van der Waals surface area contributed by atoms with Gasteiger partial charge in [0, 0.05) is 13.1 Å². The van der Waals surface area contributed by atoms with E-state index in [9.17, 15) is 0 Å². The summed E-state index contributed by atoms with van der Waals surface area (Å²) < 4.78 is 0. The largest absolute Gasteiger partial charge is 0.341 e. The molecule has 0 aliphatic rings. The van der Waals surface area contributed by atoms with Crippen LogP contribution in [0.3, 0.4) is 0 Å². The summed E-state index contributed by atoms with van der Waals surface area (Å²) in [5, 5.41) is 0.857. The molecule has 0 spiro atoms.